The van der Waals surface area contributed by atoms with Crippen LogP contribution in [0, 0.1) is 5.92 Å². The molecule has 2 fully saturated rings. The molecule has 1 aliphatic carbocycles. The van der Waals surface area contributed by atoms with E-state index in [4.69, 9.17) is 0 Å². The summed E-state index contributed by atoms with van der Waals surface area (Å²) >= 11 is 0. The number of carboxylic acids is 1. The Labute approximate surface area is 108 Å². The summed E-state index contributed by atoms with van der Waals surface area (Å²) < 4.78 is 0. The lowest BCUT2D eigenvalue weighted by Gasteiger charge is -2.43. The van der Waals surface area contributed by atoms with E-state index in [1.807, 2.05) is 6.92 Å². The Morgan fingerprint density at radius 3 is 2.39 bits per heavy atom. The molecule has 0 aromatic heterocycles. The van der Waals surface area contributed by atoms with E-state index in [9.17, 15) is 14.7 Å². The summed E-state index contributed by atoms with van der Waals surface area (Å²) in [4.78, 5) is 27.0. The van der Waals surface area contributed by atoms with Gasteiger partial charge in [0.15, 0.2) is 0 Å². The summed E-state index contributed by atoms with van der Waals surface area (Å²) in [7, 11) is 1.80. The fraction of sp³-hybridized carbons (Fsp3) is 0.846. The van der Waals surface area contributed by atoms with E-state index in [0.717, 1.165) is 25.7 Å². The number of piperidine rings is 1. The molecule has 1 aliphatic heterocycles. The van der Waals surface area contributed by atoms with E-state index >= 15 is 0 Å². The Kier molecular flexibility index (Phi) is 3.78. The zero-order valence-corrected chi connectivity index (χ0v) is 11.1. The summed E-state index contributed by atoms with van der Waals surface area (Å²) in [5.41, 5.74) is 0. The van der Waals surface area contributed by atoms with E-state index < -0.39 is 12.0 Å². The van der Waals surface area contributed by atoms with Gasteiger partial charge in [0.2, 0.25) is 0 Å². The Morgan fingerprint density at radius 1 is 1.22 bits per heavy atom. The monoisotopic (exact) mass is 254 g/mol. The molecule has 1 saturated heterocycles. The quantitative estimate of drug-likeness (QED) is 0.817. The molecule has 0 radical (unpaired) electrons. The molecule has 2 atom stereocenters. The molecular formula is C13H22N2O3. The van der Waals surface area contributed by atoms with Crippen LogP contribution in [0.15, 0.2) is 0 Å². The first kappa shape index (κ1) is 13.2. The molecule has 1 saturated carbocycles. The van der Waals surface area contributed by atoms with Gasteiger partial charge in [-0.2, -0.15) is 0 Å². The number of carbonyl (C=O) groups is 2. The van der Waals surface area contributed by atoms with Crippen molar-refractivity contribution in [2.75, 3.05) is 13.6 Å². The van der Waals surface area contributed by atoms with E-state index in [1.165, 1.54) is 6.42 Å². The Balaban J connectivity index is 2.08. The van der Waals surface area contributed by atoms with E-state index in [0.29, 0.717) is 12.6 Å². The van der Waals surface area contributed by atoms with Crippen molar-refractivity contribution >= 4 is 12.0 Å². The van der Waals surface area contributed by atoms with Crippen molar-refractivity contribution in [1.82, 2.24) is 9.80 Å². The zero-order valence-electron chi connectivity index (χ0n) is 11.1. The second kappa shape index (κ2) is 5.16. The van der Waals surface area contributed by atoms with Gasteiger partial charge >= 0.3 is 12.0 Å². The van der Waals surface area contributed by atoms with Crippen LogP contribution in [-0.4, -0.2) is 52.6 Å². The number of amides is 2. The molecule has 1 heterocycles. The number of urea groups is 1. The number of likely N-dealkylation sites (tertiary alicyclic amines) is 1. The van der Waals surface area contributed by atoms with Gasteiger partial charge in [0, 0.05) is 19.6 Å². The highest BCUT2D eigenvalue weighted by atomic mass is 16.4. The highest BCUT2D eigenvalue weighted by Gasteiger charge is 2.39. The third kappa shape index (κ3) is 2.31. The lowest BCUT2D eigenvalue weighted by molar-refractivity contribution is -0.145. The fourth-order valence-corrected chi connectivity index (χ4v) is 2.91. The number of hydrogen-bond acceptors (Lipinski definition) is 2. The van der Waals surface area contributed by atoms with Gasteiger partial charge in [-0.15, -0.1) is 0 Å². The van der Waals surface area contributed by atoms with Crippen LogP contribution in [0.1, 0.15) is 39.0 Å². The van der Waals surface area contributed by atoms with Crippen molar-refractivity contribution in [3.05, 3.63) is 0 Å². The highest BCUT2D eigenvalue weighted by Crippen LogP contribution is 2.28. The van der Waals surface area contributed by atoms with Crippen molar-refractivity contribution < 1.29 is 14.7 Å². The molecule has 5 nitrogen and oxygen atoms in total. The molecule has 2 unspecified atom stereocenters. The minimum Gasteiger partial charge on any atom is -0.480 e. The molecule has 18 heavy (non-hydrogen) atoms. The average molecular weight is 254 g/mol. The number of aliphatic carboxylic acids is 1. The Morgan fingerprint density at radius 2 is 1.89 bits per heavy atom. The first-order valence-electron chi connectivity index (χ1n) is 6.78. The molecule has 102 valence electrons. The Bertz CT molecular complexity index is 341. The lowest BCUT2D eigenvalue weighted by Crippen LogP contribution is -2.57. The van der Waals surface area contributed by atoms with Crippen LogP contribution >= 0.6 is 0 Å². The summed E-state index contributed by atoms with van der Waals surface area (Å²) in [6.45, 7) is 2.48. The minimum atomic E-state index is -0.877. The van der Waals surface area contributed by atoms with Crippen LogP contribution in [0.3, 0.4) is 0 Å². The number of carboxylic acid groups (broad SMARTS) is 1. The Hall–Kier alpha value is -1.26. The molecule has 0 aromatic carbocycles. The minimum absolute atomic E-state index is 0.0370. The molecule has 5 heteroatoms. The third-order valence-corrected chi connectivity index (χ3v) is 4.36. The van der Waals surface area contributed by atoms with Crippen molar-refractivity contribution in [2.24, 2.45) is 5.92 Å². The van der Waals surface area contributed by atoms with Gasteiger partial charge in [0.1, 0.15) is 6.04 Å². The molecule has 2 aliphatic rings. The van der Waals surface area contributed by atoms with Crippen LogP contribution in [0.25, 0.3) is 0 Å². The van der Waals surface area contributed by atoms with Gasteiger partial charge in [-0.25, -0.2) is 9.59 Å². The maximum atomic E-state index is 12.4. The van der Waals surface area contributed by atoms with Crippen molar-refractivity contribution in [3.63, 3.8) is 0 Å². The van der Waals surface area contributed by atoms with Gasteiger partial charge < -0.3 is 14.9 Å². The third-order valence-electron chi connectivity index (χ3n) is 4.36. The second-order valence-corrected chi connectivity index (χ2v) is 5.57. The molecule has 1 N–H and O–H groups in total. The molecule has 0 bridgehead atoms. The van der Waals surface area contributed by atoms with E-state index in [1.54, 1.807) is 16.8 Å². The van der Waals surface area contributed by atoms with Gasteiger partial charge in [0.25, 0.3) is 0 Å². The van der Waals surface area contributed by atoms with Gasteiger partial charge in [-0.05, 0) is 38.0 Å². The maximum absolute atomic E-state index is 12.4. The number of rotatable bonds is 2. The topological polar surface area (TPSA) is 60.9 Å². The van der Waals surface area contributed by atoms with E-state index in [-0.39, 0.29) is 11.9 Å². The normalized spacial score (nSPS) is 28.7. The summed E-state index contributed by atoms with van der Waals surface area (Å²) in [5.74, 6) is -0.840. The SMILES string of the molecule is CC1CCCN(C(=O)N(C)C2CCC2)C1C(=O)O. The number of carbonyl (C=O) groups excluding carboxylic acids is 1. The first-order chi connectivity index (χ1) is 8.52. The van der Waals surface area contributed by atoms with Gasteiger partial charge in [-0.1, -0.05) is 6.92 Å². The van der Waals surface area contributed by atoms with Gasteiger partial charge in [0.05, 0.1) is 0 Å². The number of nitrogens with zero attached hydrogens (tertiary/aromatic N) is 2. The number of hydrogen-bond donors (Lipinski definition) is 1. The first-order valence-corrected chi connectivity index (χ1v) is 6.78. The molecule has 0 spiro atoms. The lowest BCUT2D eigenvalue weighted by atomic mass is 9.90. The largest absolute Gasteiger partial charge is 0.480 e. The molecule has 2 rings (SSSR count). The second-order valence-electron chi connectivity index (χ2n) is 5.57. The smallest absolute Gasteiger partial charge is 0.326 e. The van der Waals surface area contributed by atoms with Crippen molar-refractivity contribution in [1.29, 1.82) is 0 Å². The average Bonchev–Trinajstić information content (AvgIpc) is 2.24. The van der Waals surface area contributed by atoms with Crippen LogP contribution in [-0.2, 0) is 4.79 Å². The fourth-order valence-electron chi connectivity index (χ4n) is 2.91. The maximum Gasteiger partial charge on any atom is 0.326 e. The van der Waals surface area contributed by atoms with Crippen molar-refractivity contribution in [3.8, 4) is 0 Å². The highest BCUT2D eigenvalue weighted by molar-refractivity contribution is 5.83. The predicted molar refractivity (Wildman–Crippen MR) is 67.3 cm³/mol. The van der Waals surface area contributed by atoms with Crippen LogP contribution in [0.2, 0.25) is 0 Å². The summed E-state index contributed by atoms with van der Waals surface area (Å²) in [6, 6.07) is -0.461. The summed E-state index contributed by atoms with van der Waals surface area (Å²) in [5, 5.41) is 9.31. The molecule has 0 aromatic rings. The van der Waals surface area contributed by atoms with Crippen LogP contribution in [0.4, 0.5) is 4.79 Å². The van der Waals surface area contributed by atoms with Gasteiger partial charge in [-0.3, -0.25) is 0 Å². The molecule has 2 amide bonds. The summed E-state index contributed by atoms with van der Waals surface area (Å²) in [6.07, 6.45) is 5.04. The predicted octanol–water partition coefficient (Wildman–Crippen LogP) is 1.78. The van der Waals surface area contributed by atoms with Crippen molar-refractivity contribution in [2.45, 2.75) is 51.1 Å². The van der Waals surface area contributed by atoms with Crippen LogP contribution in [0.5, 0.6) is 0 Å². The van der Waals surface area contributed by atoms with Crippen LogP contribution < -0.4 is 0 Å². The van der Waals surface area contributed by atoms with E-state index in [2.05, 4.69) is 0 Å². The standard InChI is InChI=1S/C13H22N2O3/c1-9-5-4-8-15(11(9)12(16)17)13(18)14(2)10-6-3-7-10/h9-11H,3-8H2,1-2H3,(H,16,17). The zero-order chi connectivity index (χ0) is 13.3. The molecular weight excluding hydrogens is 232 g/mol.